The molecule has 1 aliphatic rings. The van der Waals surface area contributed by atoms with Crippen LogP contribution in [0.3, 0.4) is 0 Å². The maximum Gasteiger partial charge on any atom is 0.209 e. The van der Waals surface area contributed by atoms with Crippen LogP contribution in [0.2, 0.25) is 0 Å². The number of aromatic nitrogens is 1. The van der Waals surface area contributed by atoms with Crippen molar-refractivity contribution in [3.8, 4) is 0 Å². The molecule has 1 atom stereocenters. The van der Waals surface area contributed by atoms with E-state index in [-0.39, 0.29) is 16.1 Å². The Morgan fingerprint density at radius 2 is 2.40 bits per heavy atom. The lowest BCUT2D eigenvalue weighted by Gasteiger charge is -2.22. The summed E-state index contributed by atoms with van der Waals surface area (Å²) in [6.45, 7) is 0.929. The zero-order valence-electron chi connectivity index (χ0n) is 8.35. The van der Waals surface area contributed by atoms with Crippen LogP contribution in [0.15, 0.2) is 15.9 Å². The lowest BCUT2D eigenvalue weighted by molar-refractivity contribution is 0.423. The molecule has 0 aromatic carbocycles. The van der Waals surface area contributed by atoms with Gasteiger partial charge in [-0.15, -0.1) is 11.3 Å². The zero-order valence-corrected chi connectivity index (χ0v) is 9.98. The number of rotatable bonds is 3. The van der Waals surface area contributed by atoms with E-state index < -0.39 is 9.84 Å². The third kappa shape index (κ3) is 2.76. The van der Waals surface area contributed by atoms with Crippen LogP contribution >= 0.6 is 11.3 Å². The molecule has 1 N–H and O–H groups in total. The van der Waals surface area contributed by atoms with Gasteiger partial charge in [-0.1, -0.05) is 6.42 Å². The van der Waals surface area contributed by atoms with Crippen LogP contribution in [0.1, 0.15) is 19.3 Å². The van der Waals surface area contributed by atoms with Crippen LogP contribution in [0.4, 0.5) is 0 Å². The summed E-state index contributed by atoms with van der Waals surface area (Å²) in [5.41, 5.74) is 0. The molecule has 84 valence electrons. The molecule has 0 spiro atoms. The Bertz CT molecular complexity index is 394. The minimum atomic E-state index is -3.17. The van der Waals surface area contributed by atoms with E-state index in [2.05, 4.69) is 10.3 Å². The predicted octanol–water partition coefficient (Wildman–Crippen LogP) is 1.06. The highest BCUT2D eigenvalue weighted by atomic mass is 32.2. The van der Waals surface area contributed by atoms with Gasteiger partial charge in [0, 0.05) is 17.6 Å². The number of piperidine rings is 1. The molecule has 0 bridgehead atoms. The lowest BCUT2D eigenvalue weighted by Crippen LogP contribution is -2.39. The standard InChI is InChI=1S/C9H14N2O2S2/c12-15(13,9-11-5-6-14-9)7-8-3-1-2-4-10-8/h5-6,8,10H,1-4,7H2/t8-/m1/s1. The quantitative estimate of drug-likeness (QED) is 0.866. The molecule has 1 aromatic rings. The van der Waals surface area contributed by atoms with Gasteiger partial charge in [0.05, 0.1) is 5.75 Å². The van der Waals surface area contributed by atoms with Crippen LogP contribution < -0.4 is 5.32 Å². The summed E-state index contributed by atoms with van der Waals surface area (Å²) in [7, 11) is -3.17. The summed E-state index contributed by atoms with van der Waals surface area (Å²) in [4.78, 5) is 3.86. The van der Waals surface area contributed by atoms with Crippen molar-refractivity contribution in [3.63, 3.8) is 0 Å². The predicted molar refractivity (Wildman–Crippen MR) is 59.8 cm³/mol. The first-order valence-electron chi connectivity index (χ1n) is 5.04. The summed E-state index contributed by atoms with van der Waals surface area (Å²) in [6, 6.07) is 0.104. The van der Waals surface area contributed by atoms with Gasteiger partial charge in [-0.25, -0.2) is 13.4 Å². The van der Waals surface area contributed by atoms with E-state index in [4.69, 9.17) is 0 Å². The second-order valence-electron chi connectivity index (χ2n) is 3.73. The molecular weight excluding hydrogens is 232 g/mol. The lowest BCUT2D eigenvalue weighted by atomic mass is 10.1. The molecule has 4 nitrogen and oxygen atoms in total. The minimum absolute atomic E-state index is 0.104. The van der Waals surface area contributed by atoms with Crippen molar-refractivity contribution < 1.29 is 8.42 Å². The molecule has 1 aromatic heterocycles. The van der Waals surface area contributed by atoms with Crippen molar-refractivity contribution in [1.29, 1.82) is 0 Å². The Hall–Kier alpha value is -0.460. The van der Waals surface area contributed by atoms with Crippen molar-refractivity contribution in [1.82, 2.24) is 10.3 Å². The smallest absolute Gasteiger partial charge is 0.209 e. The van der Waals surface area contributed by atoms with Crippen molar-refractivity contribution in [3.05, 3.63) is 11.6 Å². The van der Waals surface area contributed by atoms with Gasteiger partial charge in [-0.05, 0) is 19.4 Å². The summed E-state index contributed by atoms with van der Waals surface area (Å²) in [5, 5.41) is 4.93. The van der Waals surface area contributed by atoms with E-state index in [0.29, 0.717) is 0 Å². The van der Waals surface area contributed by atoms with Crippen molar-refractivity contribution >= 4 is 21.2 Å². The Morgan fingerprint density at radius 1 is 1.53 bits per heavy atom. The average molecular weight is 246 g/mol. The normalized spacial score (nSPS) is 22.8. The number of hydrogen-bond donors (Lipinski definition) is 1. The van der Waals surface area contributed by atoms with Gasteiger partial charge in [0.25, 0.3) is 0 Å². The highest BCUT2D eigenvalue weighted by molar-refractivity contribution is 7.93. The maximum atomic E-state index is 11.9. The maximum absolute atomic E-state index is 11.9. The van der Waals surface area contributed by atoms with Crippen LogP contribution in [0, 0.1) is 0 Å². The third-order valence-corrected chi connectivity index (χ3v) is 5.60. The highest BCUT2D eigenvalue weighted by Gasteiger charge is 2.24. The summed E-state index contributed by atoms with van der Waals surface area (Å²) < 4.78 is 24.0. The minimum Gasteiger partial charge on any atom is -0.313 e. The topological polar surface area (TPSA) is 59.1 Å². The van der Waals surface area contributed by atoms with Gasteiger partial charge < -0.3 is 5.32 Å². The first kappa shape index (κ1) is 11.0. The fourth-order valence-corrected chi connectivity index (χ4v) is 4.26. The molecule has 0 amide bonds. The molecule has 1 saturated heterocycles. The van der Waals surface area contributed by atoms with Crippen molar-refractivity contribution in [2.24, 2.45) is 0 Å². The first-order chi connectivity index (χ1) is 7.18. The van der Waals surface area contributed by atoms with Crippen LogP contribution in [-0.4, -0.2) is 31.7 Å². The average Bonchev–Trinajstić information content (AvgIpc) is 2.71. The van der Waals surface area contributed by atoms with E-state index >= 15 is 0 Å². The summed E-state index contributed by atoms with van der Waals surface area (Å²) in [5.74, 6) is 0.181. The monoisotopic (exact) mass is 246 g/mol. The Balaban J connectivity index is 2.04. The molecule has 1 fully saturated rings. The van der Waals surface area contributed by atoms with Gasteiger partial charge in [0.2, 0.25) is 14.2 Å². The number of nitrogens with zero attached hydrogens (tertiary/aromatic N) is 1. The van der Waals surface area contributed by atoms with E-state index in [1.807, 2.05) is 0 Å². The van der Waals surface area contributed by atoms with Crippen LogP contribution in [-0.2, 0) is 9.84 Å². The SMILES string of the molecule is O=S(=O)(C[C@H]1CCCCN1)c1nccs1. The van der Waals surface area contributed by atoms with E-state index in [9.17, 15) is 8.42 Å². The van der Waals surface area contributed by atoms with Crippen molar-refractivity contribution in [2.75, 3.05) is 12.3 Å². The van der Waals surface area contributed by atoms with Gasteiger partial charge in [0.1, 0.15) is 0 Å². The van der Waals surface area contributed by atoms with Crippen molar-refractivity contribution in [2.45, 2.75) is 29.6 Å². The zero-order chi connectivity index (χ0) is 10.7. The molecule has 6 heteroatoms. The van der Waals surface area contributed by atoms with E-state index in [0.717, 1.165) is 25.8 Å². The molecule has 2 heterocycles. The second kappa shape index (κ2) is 4.59. The van der Waals surface area contributed by atoms with E-state index in [1.165, 1.54) is 17.5 Å². The summed E-state index contributed by atoms with van der Waals surface area (Å²) in [6.07, 6.45) is 4.75. The Morgan fingerprint density at radius 3 is 3.00 bits per heavy atom. The molecule has 0 unspecified atom stereocenters. The molecular formula is C9H14N2O2S2. The van der Waals surface area contributed by atoms with Gasteiger partial charge >= 0.3 is 0 Å². The molecule has 1 aliphatic heterocycles. The first-order valence-corrected chi connectivity index (χ1v) is 7.57. The van der Waals surface area contributed by atoms with E-state index in [1.54, 1.807) is 5.38 Å². The number of thiazole rings is 1. The van der Waals surface area contributed by atoms with Gasteiger partial charge in [-0.3, -0.25) is 0 Å². The molecule has 0 saturated carbocycles. The van der Waals surface area contributed by atoms with Gasteiger partial charge in [0.15, 0.2) is 0 Å². The molecule has 0 radical (unpaired) electrons. The second-order valence-corrected chi connectivity index (χ2v) is 6.83. The molecule has 15 heavy (non-hydrogen) atoms. The largest absolute Gasteiger partial charge is 0.313 e. The number of nitrogens with one attached hydrogen (secondary N) is 1. The fourth-order valence-electron chi connectivity index (χ4n) is 1.77. The number of hydrogen-bond acceptors (Lipinski definition) is 5. The van der Waals surface area contributed by atoms with Crippen LogP contribution in [0.5, 0.6) is 0 Å². The summed E-state index contributed by atoms with van der Waals surface area (Å²) >= 11 is 1.19. The fraction of sp³-hybridized carbons (Fsp3) is 0.667. The third-order valence-electron chi connectivity index (χ3n) is 2.51. The number of sulfone groups is 1. The molecule has 0 aliphatic carbocycles. The highest BCUT2D eigenvalue weighted by Crippen LogP contribution is 2.17. The molecule has 2 rings (SSSR count). The Labute approximate surface area is 93.7 Å². The van der Waals surface area contributed by atoms with Gasteiger partial charge in [-0.2, -0.15) is 0 Å². The Kier molecular flexibility index (Phi) is 3.38. The van der Waals surface area contributed by atoms with Crippen LogP contribution in [0.25, 0.3) is 0 Å².